The van der Waals surface area contributed by atoms with Crippen molar-refractivity contribution in [3.05, 3.63) is 110 Å². The third-order valence-electron chi connectivity index (χ3n) is 6.06. The van der Waals surface area contributed by atoms with Crippen LogP contribution in [0.4, 0.5) is 17.1 Å². The van der Waals surface area contributed by atoms with E-state index in [9.17, 15) is 14.9 Å². The van der Waals surface area contributed by atoms with E-state index in [2.05, 4.69) is 10.6 Å². The lowest BCUT2D eigenvalue weighted by molar-refractivity contribution is -0.384. The summed E-state index contributed by atoms with van der Waals surface area (Å²) >= 11 is 6.04. The number of anilines is 2. The van der Waals surface area contributed by atoms with Gasteiger partial charge in [0.15, 0.2) is 5.78 Å². The van der Waals surface area contributed by atoms with Crippen molar-refractivity contribution in [1.29, 1.82) is 0 Å². The van der Waals surface area contributed by atoms with Crippen molar-refractivity contribution in [3.63, 3.8) is 0 Å². The number of halogens is 1. The molecule has 0 unspecified atom stereocenters. The van der Waals surface area contributed by atoms with Gasteiger partial charge in [-0.15, -0.1) is 0 Å². The highest BCUT2D eigenvalue weighted by molar-refractivity contribution is 6.30. The maximum atomic E-state index is 13.5. The van der Waals surface area contributed by atoms with E-state index in [1.165, 1.54) is 12.1 Å². The van der Waals surface area contributed by atoms with Crippen LogP contribution in [0.1, 0.15) is 35.9 Å². The number of Topliss-reactive ketones (excluding diaryl/α,β-unsaturated/α-hetero) is 1. The monoisotopic (exact) mass is 445 g/mol. The van der Waals surface area contributed by atoms with Crippen LogP contribution < -0.4 is 10.6 Å². The molecule has 0 radical (unpaired) electrons. The van der Waals surface area contributed by atoms with Crippen LogP contribution in [0.15, 0.2) is 84.1 Å². The molecule has 3 aromatic carbocycles. The quantitative estimate of drug-likeness (QED) is 0.369. The maximum absolute atomic E-state index is 13.5. The van der Waals surface area contributed by atoms with Crippen LogP contribution in [0.2, 0.25) is 5.02 Å². The molecule has 2 atom stereocenters. The van der Waals surface area contributed by atoms with E-state index in [4.69, 9.17) is 11.6 Å². The summed E-state index contributed by atoms with van der Waals surface area (Å²) in [6, 6.07) is 21.3. The van der Waals surface area contributed by atoms with E-state index in [1.807, 2.05) is 54.6 Å². The van der Waals surface area contributed by atoms with Crippen LogP contribution in [-0.4, -0.2) is 10.7 Å². The molecule has 0 amide bonds. The van der Waals surface area contributed by atoms with Gasteiger partial charge in [-0.25, -0.2) is 0 Å². The number of nitrogens with zero attached hydrogens (tertiary/aromatic N) is 1. The predicted molar refractivity (Wildman–Crippen MR) is 125 cm³/mol. The molecule has 1 aliphatic carbocycles. The second-order valence-corrected chi connectivity index (χ2v) is 8.51. The number of carbonyl (C=O) groups is 1. The summed E-state index contributed by atoms with van der Waals surface area (Å²) in [5.41, 5.74) is 4.94. The second kappa shape index (κ2) is 8.13. The summed E-state index contributed by atoms with van der Waals surface area (Å²) in [6.07, 6.45) is 1.02. The van der Waals surface area contributed by atoms with Crippen LogP contribution in [0.5, 0.6) is 0 Å². The third-order valence-corrected chi connectivity index (χ3v) is 6.32. The van der Waals surface area contributed by atoms with Crippen molar-refractivity contribution in [2.24, 2.45) is 0 Å². The van der Waals surface area contributed by atoms with Gasteiger partial charge in [0.05, 0.1) is 22.3 Å². The molecule has 2 aliphatic rings. The standard InChI is InChI=1S/C25H20ClN3O3/c26-18-10-8-15(9-11-18)17-13-22-24(23(30)14-17)25(16-4-3-5-19(12-16)29(31)32)28-21-7-2-1-6-20(21)27-22/h1-12,17,25,27-28H,13-14H2/t17-,25-/m1/s1. The number of benzene rings is 3. The van der Waals surface area contributed by atoms with Gasteiger partial charge in [0.25, 0.3) is 5.69 Å². The number of allylic oxidation sites excluding steroid dienone is 1. The van der Waals surface area contributed by atoms with Crippen LogP contribution in [0.25, 0.3) is 0 Å². The molecule has 0 saturated carbocycles. The molecule has 1 aliphatic heterocycles. The van der Waals surface area contributed by atoms with E-state index in [0.717, 1.165) is 22.6 Å². The Hall–Kier alpha value is -3.64. The Kier molecular flexibility index (Phi) is 5.15. The summed E-state index contributed by atoms with van der Waals surface area (Å²) in [5, 5.41) is 18.9. The fourth-order valence-corrected chi connectivity index (χ4v) is 4.66. The van der Waals surface area contributed by atoms with Crippen LogP contribution in [-0.2, 0) is 4.79 Å². The third kappa shape index (κ3) is 3.74. The number of nitro groups is 1. The lowest BCUT2D eigenvalue weighted by atomic mass is 9.78. The number of hydrogen-bond donors (Lipinski definition) is 2. The minimum atomic E-state index is -0.486. The predicted octanol–water partition coefficient (Wildman–Crippen LogP) is 6.23. The van der Waals surface area contributed by atoms with Crippen LogP contribution in [0, 0.1) is 10.1 Å². The van der Waals surface area contributed by atoms with E-state index >= 15 is 0 Å². The van der Waals surface area contributed by atoms with Gasteiger partial charge in [-0.2, -0.15) is 0 Å². The number of hydrogen-bond acceptors (Lipinski definition) is 5. The minimum absolute atomic E-state index is 0.000703. The Morgan fingerprint density at radius 2 is 1.66 bits per heavy atom. The summed E-state index contributed by atoms with van der Waals surface area (Å²) < 4.78 is 0. The smallest absolute Gasteiger partial charge is 0.269 e. The van der Waals surface area contributed by atoms with Gasteiger partial charge in [-0.05, 0) is 47.7 Å². The first kappa shape index (κ1) is 20.3. The first-order chi connectivity index (χ1) is 15.5. The molecule has 0 saturated heterocycles. The zero-order chi connectivity index (χ0) is 22.2. The molecule has 2 N–H and O–H groups in total. The first-order valence-electron chi connectivity index (χ1n) is 10.4. The number of ketones is 1. The van der Waals surface area contributed by atoms with Gasteiger partial charge in [-0.1, -0.05) is 48.0 Å². The van der Waals surface area contributed by atoms with Gasteiger partial charge in [0, 0.05) is 34.8 Å². The van der Waals surface area contributed by atoms with E-state index < -0.39 is 11.0 Å². The Labute approximate surface area is 190 Å². The Morgan fingerprint density at radius 1 is 0.906 bits per heavy atom. The van der Waals surface area contributed by atoms with Crippen LogP contribution >= 0.6 is 11.6 Å². The molecule has 32 heavy (non-hydrogen) atoms. The normalized spacial score (nSPS) is 19.8. The SMILES string of the molecule is O=C1C[C@H](c2ccc(Cl)cc2)CC2=C1[C@@H](c1cccc([N+](=O)[O-])c1)Nc1ccccc1N2. The van der Waals surface area contributed by atoms with E-state index in [1.54, 1.807) is 6.07 Å². The largest absolute Gasteiger partial charge is 0.372 e. The van der Waals surface area contributed by atoms with Crippen molar-refractivity contribution >= 4 is 34.4 Å². The summed E-state index contributed by atoms with van der Waals surface area (Å²) in [6.45, 7) is 0. The van der Waals surface area contributed by atoms with E-state index in [-0.39, 0.29) is 17.4 Å². The lowest BCUT2D eigenvalue weighted by Crippen LogP contribution is -2.26. The maximum Gasteiger partial charge on any atom is 0.269 e. The molecule has 0 aromatic heterocycles. The molecule has 160 valence electrons. The highest BCUT2D eigenvalue weighted by Gasteiger charge is 2.36. The van der Waals surface area contributed by atoms with Crippen molar-refractivity contribution in [2.45, 2.75) is 24.8 Å². The summed E-state index contributed by atoms with van der Waals surface area (Å²) in [5.74, 6) is 0.0533. The van der Waals surface area contributed by atoms with Crippen LogP contribution in [0.3, 0.4) is 0 Å². The highest BCUT2D eigenvalue weighted by Crippen LogP contribution is 2.44. The zero-order valence-corrected chi connectivity index (χ0v) is 17.8. The molecule has 0 fully saturated rings. The molecule has 1 heterocycles. The fraction of sp³-hybridized carbons (Fsp3) is 0.160. The second-order valence-electron chi connectivity index (χ2n) is 8.07. The Balaban J connectivity index is 1.61. The highest BCUT2D eigenvalue weighted by atomic mass is 35.5. The van der Waals surface area contributed by atoms with Gasteiger partial charge >= 0.3 is 0 Å². The molecule has 5 rings (SSSR count). The molecule has 3 aromatic rings. The van der Waals surface area contributed by atoms with Crippen molar-refractivity contribution in [3.8, 4) is 0 Å². The number of nitro benzene ring substituents is 1. The number of non-ortho nitro benzene ring substituents is 1. The minimum Gasteiger partial charge on any atom is -0.372 e. The number of carbonyl (C=O) groups excluding carboxylic acids is 1. The zero-order valence-electron chi connectivity index (χ0n) is 17.0. The average Bonchev–Trinajstić information content (AvgIpc) is 2.96. The summed E-state index contributed by atoms with van der Waals surface area (Å²) in [4.78, 5) is 24.4. The summed E-state index contributed by atoms with van der Waals surface area (Å²) in [7, 11) is 0. The molecular weight excluding hydrogens is 426 g/mol. The topological polar surface area (TPSA) is 84.3 Å². The Bertz CT molecular complexity index is 1250. The molecular formula is C25H20ClN3O3. The Morgan fingerprint density at radius 3 is 2.41 bits per heavy atom. The number of fused-ring (bicyclic) bond motifs is 1. The van der Waals surface area contributed by atoms with Gasteiger partial charge in [0.2, 0.25) is 0 Å². The molecule has 6 nitrogen and oxygen atoms in total. The fourth-order valence-electron chi connectivity index (χ4n) is 4.53. The molecule has 0 spiro atoms. The lowest BCUT2D eigenvalue weighted by Gasteiger charge is -2.30. The number of para-hydroxylation sites is 2. The van der Waals surface area contributed by atoms with Gasteiger partial charge < -0.3 is 10.6 Å². The number of nitrogens with one attached hydrogen (secondary N) is 2. The van der Waals surface area contributed by atoms with Gasteiger partial charge in [-0.3, -0.25) is 14.9 Å². The molecule has 7 heteroatoms. The van der Waals surface area contributed by atoms with E-state index in [0.29, 0.717) is 29.0 Å². The average molecular weight is 446 g/mol. The van der Waals surface area contributed by atoms with Crippen molar-refractivity contribution in [2.75, 3.05) is 10.6 Å². The van der Waals surface area contributed by atoms with Crippen molar-refractivity contribution in [1.82, 2.24) is 0 Å². The van der Waals surface area contributed by atoms with Crippen molar-refractivity contribution < 1.29 is 9.72 Å². The number of rotatable bonds is 3. The van der Waals surface area contributed by atoms with Gasteiger partial charge in [0.1, 0.15) is 0 Å². The first-order valence-corrected chi connectivity index (χ1v) is 10.8. The molecule has 0 bridgehead atoms.